The number of aromatic nitrogens is 3. The summed E-state index contributed by atoms with van der Waals surface area (Å²) in [5.74, 6) is -0.327. The van der Waals surface area contributed by atoms with Gasteiger partial charge in [-0.25, -0.2) is 4.39 Å². The number of halogens is 3. The number of carbonyl (C=O) groups excluding carboxylic acids is 1. The van der Waals surface area contributed by atoms with Crippen molar-refractivity contribution in [2.75, 3.05) is 4.90 Å². The lowest BCUT2D eigenvalue weighted by atomic mass is 10.1. The van der Waals surface area contributed by atoms with Crippen molar-refractivity contribution in [1.29, 1.82) is 0 Å². The summed E-state index contributed by atoms with van der Waals surface area (Å²) in [5.41, 5.74) is 2.24. The molecule has 2 aromatic heterocycles. The molecule has 3 aromatic carbocycles. The van der Waals surface area contributed by atoms with Gasteiger partial charge in [0.1, 0.15) is 10.3 Å². The Bertz CT molecular complexity index is 1760. The molecule has 0 radical (unpaired) electrons. The van der Waals surface area contributed by atoms with E-state index in [2.05, 4.69) is 41.9 Å². The van der Waals surface area contributed by atoms with E-state index in [1.807, 2.05) is 30.3 Å². The van der Waals surface area contributed by atoms with Gasteiger partial charge in [-0.15, -0.1) is 5.10 Å². The molecule has 3 heterocycles. The Kier molecular flexibility index (Phi) is 5.39. The molecule has 10 heteroatoms. The summed E-state index contributed by atoms with van der Waals surface area (Å²) in [6.07, 6.45) is 0. The third-order valence-corrected chi connectivity index (χ3v) is 7.80. The van der Waals surface area contributed by atoms with Crippen molar-refractivity contribution in [3.8, 4) is 11.4 Å². The fourth-order valence-corrected chi connectivity index (χ4v) is 5.71. The Morgan fingerprint density at radius 1 is 0.943 bits per heavy atom. The topological polar surface area (TPSA) is 67.6 Å². The first-order valence-corrected chi connectivity index (χ1v) is 12.9. The molecule has 0 bridgehead atoms. The minimum Gasteiger partial charge on any atom is -0.303 e. The second kappa shape index (κ2) is 8.47. The van der Waals surface area contributed by atoms with Crippen molar-refractivity contribution in [1.82, 2.24) is 14.6 Å². The second-order valence-electron chi connectivity index (χ2n) is 7.89. The molecule has 35 heavy (non-hydrogen) atoms. The third kappa shape index (κ3) is 3.72. The van der Waals surface area contributed by atoms with Crippen molar-refractivity contribution in [3.05, 3.63) is 108 Å². The van der Waals surface area contributed by atoms with Gasteiger partial charge in [0.2, 0.25) is 4.96 Å². The van der Waals surface area contributed by atoms with E-state index < -0.39 is 11.4 Å². The van der Waals surface area contributed by atoms with Crippen LogP contribution in [0.15, 0.2) is 80.5 Å². The van der Waals surface area contributed by atoms with Gasteiger partial charge < -0.3 is 4.90 Å². The Morgan fingerprint density at radius 2 is 1.69 bits per heavy atom. The van der Waals surface area contributed by atoms with Crippen LogP contribution in [-0.2, 0) is 11.3 Å². The van der Waals surface area contributed by atoms with Crippen LogP contribution in [0, 0.1) is 5.82 Å². The van der Waals surface area contributed by atoms with E-state index in [1.165, 1.54) is 15.5 Å². The zero-order valence-electron chi connectivity index (χ0n) is 17.7. The summed E-state index contributed by atoms with van der Waals surface area (Å²) in [4.78, 5) is 33.4. The molecule has 0 fully saturated rings. The van der Waals surface area contributed by atoms with Crippen LogP contribution in [0.5, 0.6) is 0 Å². The van der Waals surface area contributed by atoms with Gasteiger partial charge in [0, 0.05) is 25.6 Å². The van der Waals surface area contributed by atoms with Crippen LogP contribution in [0.4, 0.5) is 10.1 Å². The summed E-state index contributed by atoms with van der Waals surface area (Å²) >= 11 is 7.98. The first-order valence-electron chi connectivity index (χ1n) is 10.5. The molecule has 1 amide bonds. The van der Waals surface area contributed by atoms with Crippen LogP contribution >= 0.6 is 43.2 Å². The number of benzene rings is 3. The third-order valence-electron chi connectivity index (χ3n) is 5.75. The fourth-order valence-electron chi connectivity index (χ4n) is 4.08. The molecule has 0 N–H and O–H groups in total. The van der Waals surface area contributed by atoms with Crippen LogP contribution in [0.25, 0.3) is 21.9 Å². The molecule has 0 atom stereocenters. The van der Waals surface area contributed by atoms with Crippen molar-refractivity contribution >= 4 is 65.3 Å². The van der Waals surface area contributed by atoms with Crippen LogP contribution in [-0.4, -0.2) is 20.5 Å². The molecule has 172 valence electrons. The minimum atomic E-state index is -0.414. The second-order valence-corrected chi connectivity index (χ2v) is 10.7. The number of amides is 1. The smallest absolute Gasteiger partial charge is 0.291 e. The van der Waals surface area contributed by atoms with Crippen molar-refractivity contribution in [2.45, 2.75) is 6.54 Å². The van der Waals surface area contributed by atoms with Gasteiger partial charge in [-0.3, -0.25) is 9.59 Å². The van der Waals surface area contributed by atoms with Crippen LogP contribution in [0.1, 0.15) is 11.1 Å². The first-order chi connectivity index (χ1) is 16.9. The zero-order chi connectivity index (χ0) is 24.3. The number of nitrogens with zero attached hydrogens (tertiary/aromatic N) is 4. The molecule has 6 rings (SSSR count). The van der Waals surface area contributed by atoms with E-state index in [0.29, 0.717) is 27.6 Å². The van der Waals surface area contributed by atoms with Crippen LogP contribution < -0.4 is 15.0 Å². The number of fused-ring (bicyclic) bond motifs is 2. The average Bonchev–Trinajstić information content (AvgIpc) is 3.47. The molecule has 6 nitrogen and oxygen atoms in total. The number of anilines is 1. The monoisotopic (exact) mass is 610 g/mol. The number of hydrogen-bond acceptors (Lipinski definition) is 5. The van der Waals surface area contributed by atoms with Gasteiger partial charge in [0.25, 0.3) is 11.5 Å². The average molecular weight is 612 g/mol. The van der Waals surface area contributed by atoms with Gasteiger partial charge in [-0.05, 0) is 36.4 Å². The van der Waals surface area contributed by atoms with E-state index in [-0.39, 0.29) is 22.6 Å². The highest BCUT2D eigenvalue weighted by Crippen LogP contribution is 2.38. The Balaban J connectivity index is 1.52. The Labute approximate surface area is 218 Å². The van der Waals surface area contributed by atoms with E-state index >= 15 is 0 Å². The summed E-state index contributed by atoms with van der Waals surface area (Å²) in [6, 6.07) is 19.2. The molecule has 0 spiro atoms. The molecular formula is C25H13Br2FN4O2S. The predicted octanol–water partition coefficient (Wildman–Crippen LogP) is 4.95. The Hall–Kier alpha value is -3.21. The predicted molar refractivity (Wildman–Crippen MR) is 140 cm³/mol. The van der Waals surface area contributed by atoms with Crippen molar-refractivity contribution in [2.24, 2.45) is 0 Å². The lowest BCUT2D eigenvalue weighted by Gasteiger charge is -2.17. The van der Waals surface area contributed by atoms with Gasteiger partial charge in [-0.2, -0.15) is 9.50 Å². The molecular weight excluding hydrogens is 599 g/mol. The SMILES string of the molecule is O=C1/C(=c2\sc3nc(-c4ccc(Br)cc4)nn3c2=O)c2cc(Br)ccc2N1Cc1ccccc1F. The van der Waals surface area contributed by atoms with E-state index in [1.54, 1.807) is 30.3 Å². The fraction of sp³-hybridized carbons (Fsp3) is 0.0400. The zero-order valence-corrected chi connectivity index (χ0v) is 21.7. The molecule has 5 aromatic rings. The largest absolute Gasteiger partial charge is 0.303 e. The van der Waals surface area contributed by atoms with Gasteiger partial charge in [-0.1, -0.05) is 73.5 Å². The first kappa shape index (κ1) is 22.3. The van der Waals surface area contributed by atoms with Crippen LogP contribution in [0.3, 0.4) is 0 Å². The maximum atomic E-state index is 14.4. The molecule has 1 aliphatic rings. The summed E-state index contributed by atoms with van der Waals surface area (Å²) < 4.78 is 17.5. The van der Waals surface area contributed by atoms with Crippen molar-refractivity contribution in [3.63, 3.8) is 0 Å². The van der Waals surface area contributed by atoms with Gasteiger partial charge >= 0.3 is 0 Å². The van der Waals surface area contributed by atoms with Gasteiger partial charge in [0.05, 0.1) is 17.8 Å². The van der Waals surface area contributed by atoms with E-state index in [4.69, 9.17) is 0 Å². The number of thiazole rings is 1. The quantitative estimate of drug-likeness (QED) is 0.290. The summed E-state index contributed by atoms with van der Waals surface area (Å²) in [5, 5.41) is 4.39. The highest BCUT2D eigenvalue weighted by atomic mass is 79.9. The van der Waals surface area contributed by atoms with Crippen molar-refractivity contribution < 1.29 is 9.18 Å². The highest BCUT2D eigenvalue weighted by Gasteiger charge is 2.35. The molecule has 0 saturated heterocycles. The Morgan fingerprint density at radius 3 is 2.43 bits per heavy atom. The standard InChI is InChI=1S/C25H13Br2FN4O2S/c26-15-7-5-13(6-8-15)22-29-25-32(30-22)24(34)21(35-25)20-17-11-16(27)9-10-19(17)31(23(20)33)12-14-3-1-2-4-18(14)28/h1-11H,12H2/b21-20-. The molecule has 1 aliphatic heterocycles. The van der Waals surface area contributed by atoms with E-state index in [9.17, 15) is 14.0 Å². The summed E-state index contributed by atoms with van der Waals surface area (Å²) in [6.45, 7) is 0.0479. The maximum Gasteiger partial charge on any atom is 0.291 e. The normalized spacial score (nSPS) is 14.7. The minimum absolute atomic E-state index is 0.0479. The molecule has 0 saturated carbocycles. The highest BCUT2D eigenvalue weighted by molar-refractivity contribution is 9.10. The number of rotatable bonds is 3. The number of carbonyl (C=O) groups is 1. The van der Waals surface area contributed by atoms with Gasteiger partial charge in [0.15, 0.2) is 5.82 Å². The molecule has 0 aliphatic carbocycles. The maximum absolute atomic E-state index is 14.4. The molecule has 0 unspecified atom stereocenters. The summed E-state index contributed by atoms with van der Waals surface area (Å²) in [7, 11) is 0. The van der Waals surface area contributed by atoms with Crippen LogP contribution in [0.2, 0.25) is 0 Å². The lowest BCUT2D eigenvalue weighted by Crippen LogP contribution is -2.32. The lowest BCUT2D eigenvalue weighted by molar-refractivity contribution is -0.113. The number of hydrogen-bond donors (Lipinski definition) is 0. The van der Waals surface area contributed by atoms with E-state index in [0.717, 1.165) is 25.8 Å².